The lowest BCUT2D eigenvalue weighted by molar-refractivity contribution is 0.826. The van der Waals surface area contributed by atoms with Crippen molar-refractivity contribution < 1.29 is 0 Å². The summed E-state index contributed by atoms with van der Waals surface area (Å²) in [6, 6.07) is 14.5. The number of anilines is 1. The van der Waals surface area contributed by atoms with Crippen LogP contribution in [0.5, 0.6) is 0 Å². The fourth-order valence-electron chi connectivity index (χ4n) is 3.13. The lowest BCUT2D eigenvalue weighted by Gasteiger charge is -2.23. The third kappa shape index (κ3) is 3.58. The maximum absolute atomic E-state index is 9.33. The normalized spacial score (nSPS) is 13.4. The number of nitriles is 2. The number of nitrogens with zero attached hydrogens (tertiary/aromatic N) is 5. The van der Waals surface area contributed by atoms with Crippen LogP contribution in [-0.2, 0) is 0 Å². The van der Waals surface area contributed by atoms with Crippen LogP contribution in [0.2, 0.25) is 0 Å². The Morgan fingerprint density at radius 1 is 1.04 bits per heavy atom. The third-order valence-electron chi connectivity index (χ3n) is 4.59. The van der Waals surface area contributed by atoms with E-state index in [-0.39, 0.29) is 0 Å². The van der Waals surface area contributed by atoms with Gasteiger partial charge in [-0.1, -0.05) is 0 Å². The molecule has 0 spiro atoms. The molecular formula is C21H21N5. The maximum Gasteiger partial charge on any atom is 0.121 e. The van der Waals surface area contributed by atoms with Gasteiger partial charge in [0.15, 0.2) is 0 Å². The van der Waals surface area contributed by atoms with Crippen LogP contribution in [0.4, 0.5) is 17.1 Å². The van der Waals surface area contributed by atoms with Crippen LogP contribution in [0.25, 0.3) is 0 Å². The molecule has 26 heavy (non-hydrogen) atoms. The standard InChI is InChI=1S/C21H21N5/c1-4-26(18-5-6-18)19-7-8-20(15(3)11-19)24-25-21-16(12-22)9-14(2)10-17(21)13-23/h7-11,18H,4-6H2,1-3H3. The molecule has 130 valence electrons. The molecule has 0 amide bonds. The number of hydrogen-bond acceptors (Lipinski definition) is 5. The van der Waals surface area contributed by atoms with E-state index in [1.54, 1.807) is 12.1 Å². The molecule has 0 radical (unpaired) electrons. The molecule has 0 atom stereocenters. The molecule has 5 nitrogen and oxygen atoms in total. The van der Waals surface area contributed by atoms with E-state index < -0.39 is 0 Å². The highest BCUT2D eigenvalue weighted by Gasteiger charge is 2.28. The molecule has 5 heteroatoms. The zero-order valence-corrected chi connectivity index (χ0v) is 15.3. The molecule has 0 unspecified atom stereocenters. The van der Waals surface area contributed by atoms with E-state index in [1.165, 1.54) is 18.5 Å². The second-order valence-corrected chi connectivity index (χ2v) is 6.62. The average Bonchev–Trinajstić information content (AvgIpc) is 3.46. The first-order valence-electron chi connectivity index (χ1n) is 8.81. The predicted octanol–water partition coefficient (Wildman–Crippen LogP) is 5.45. The van der Waals surface area contributed by atoms with Crippen LogP contribution in [-0.4, -0.2) is 12.6 Å². The van der Waals surface area contributed by atoms with Crippen molar-refractivity contribution in [1.82, 2.24) is 0 Å². The number of aryl methyl sites for hydroxylation is 2. The molecule has 1 fully saturated rings. The minimum atomic E-state index is 0.331. The van der Waals surface area contributed by atoms with Gasteiger partial charge in [0.2, 0.25) is 0 Å². The van der Waals surface area contributed by atoms with Gasteiger partial charge in [-0.3, -0.25) is 0 Å². The Bertz CT molecular complexity index is 907. The zero-order valence-electron chi connectivity index (χ0n) is 15.3. The van der Waals surface area contributed by atoms with Crippen molar-refractivity contribution >= 4 is 17.1 Å². The summed E-state index contributed by atoms with van der Waals surface area (Å²) in [6.07, 6.45) is 2.52. The first-order chi connectivity index (χ1) is 12.6. The van der Waals surface area contributed by atoms with E-state index in [9.17, 15) is 10.5 Å². The predicted molar refractivity (Wildman–Crippen MR) is 102 cm³/mol. The van der Waals surface area contributed by atoms with Crippen LogP contribution in [0.15, 0.2) is 40.6 Å². The summed E-state index contributed by atoms with van der Waals surface area (Å²) in [7, 11) is 0. The summed E-state index contributed by atoms with van der Waals surface area (Å²) < 4.78 is 0. The molecule has 2 aromatic carbocycles. The van der Waals surface area contributed by atoms with Gasteiger partial charge < -0.3 is 4.90 Å². The summed E-state index contributed by atoms with van der Waals surface area (Å²) in [6.45, 7) is 7.02. The molecule has 1 saturated carbocycles. The largest absolute Gasteiger partial charge is 0.369 e. The Labute approximate surface area is 154 Å². The van der Waals surface area contributed by atoms with Gasteiger partial charge >= 0.3 is 0 Å². The van der Waals surface area contributed by atoms with Crippen molar-refractivity contribution in [3.05, 3.63) is 52.6 Å². The van der Waals surface area contributed by atoms with E-state index in [0.29, 0.717) is 22.9 Å². The first kappa shape index (κ1) is 17.6. The number of azo groups is 1. The molecule has 0 saturated heterocycles. The molecular weight excluding hydrogens is 322 g/mol. The molecule has 0 N–H and O–H groups in total. The molecule has 2 aromatic rings. The third-order valence-corrected chi connectivity index (χ3v) is 4.59. The van der Waals surface area contributed by atoms with Crippen LogP contribution >= 0.6 is 0 Å². The molecule has 0 aromatic heterocycles. The van der Waals surface area contributed by atoms with Gasteiger partial charge in [0, 0.05) is 18.3 Å². The molecule has 0 heterocycles. The van der Waals surface area contributed by atoms with Gasteiger partial charge in [0.1, 0.15) is 17.8 Å². The van der Waals surface area contributed by atoms with Gasteiger partial charge in [-0.05, 0) is 75.1 Å². The van der Waals surface area contributed by atoms with E-state index in [1.807, 2.05) is 19.9 Å². The molecule has 1 aliphatic rings. The fraction of sp³-hybridized carbons (Fsp3) is 0.333. The average molecular weight is 343 g/mol. The lowest BCUT2D eigenvalue weighted by atomic mass is 10.1. The lowest BCUT2D eigenvalue weighted by Crippen LogP contribution is -2.24. The van der Waals surface area contributed by atoms with Crippen LogP contribution in [0.1, 0.15) is 42.0 Å². The Hall–Kier alpha value is -3.18. The first-order valence-corrected chi connectivity index (χ1v) is 8.81. The SMILES string of the molecule is CCN(c1ccc(N=Nc2c(C#N)cc(C)cc2C#N)c(C)c1)C1CC1. The molecule has 0 aliphatic heterocycles. The molecule has 3 rings (SSSR count). The van der Waals surface area contributed by atoms with Crippen molar-refractivity contribution in [1.29, 1.82) is 10.5 Å². The summed E-state index contributed by atoms with van der Waals surface area (Å²) in [5, 5.41) is 27.2. The van der Waals surface area contributed by atoms with Gasteiger partial charge in [0.25, 0.3) is 0 Å². The van der Waals surface area contributed by atoms with Gasteiger partial charge in [0.05, 0.1) is 16.8 Å². The Morgan fingerprint density at radius 2 is 1.69 bits per heavy atom. The van der Waals surface area contributed by atoms with E-state index in [4.69, 9.17) is 0 Å². The maximum atomic E-state index is 9.33. The minimum absolute atomic E-state index is 0.331. The van der Waals surface area contributed by atoms with Crippen molar-refractivity contribution in [3.63, 3.8) is 0 Å². The Kier molecular flexibility index (Phi) is 5.00. The quantitative estimate of drug-likeness (QED) is 0.677. The highest BCUT2D eigenvalue weighted by atomic mass is 15.2. The van der Waals surface area contributed by atoms with E-state index in [0.717, 1.165) is 23.4 Å². The Morgan fingerprint density at radius 3 is 2.19 bits per heavy atom. The summed E-state index contributed by atoms with van der Waals surface area (Å²) in [5.74, 6) is 0. The topological polar surface area (TPSA) is 75.5 Å². The van der Waals surface area contributed by atoms with Crippen LogP contribution in [0.3, 0.4) is 0 Å². The van der Waals surface area contributed by atoms with Crippen molar-refractivity contribution in [3.8, 4) is 12.1 Å². The van der Waals surface area contributed by atoms with Crippen LogP contribution < -0.4 is 4.90 Å². The monoisotopic (exact) mass is 343 g/mol. The van der Waals surface area contributed by atoms with Crippen LogP contribution in [0, 0.1) is 36.5 Å². The Balaban J connectivity index is 1.92. The number of hydrogen-bond donors (Lipinski definition) is 0. The van der Waals surface area contributed by atoms with E-state index >= 15 is 0 Å². The number of benzene rings is 2. The molecule has 1 aliphatic carbocycles. The number of rotatable bonds is 5. The fourth-order valence-corrected chi connectivity index (χ4v) is 3.13. The smallest absolute Gasteiger partial charge is 0.121 e. The summed E-state index contributed by atoms with van der Waals surface area (Å²) in [5.41, 5.74) is 4.89. The van der Waals surface area contributed by atoms with Gasteiger partial charge in [-0.15, -0.1) is 5.11 Å². The second kappa shape index (κ2) is 7.37. The van der Waals surface area contributed by atoms with Crippen molar-refractivity contribution in [2.45, 2.75) is 39.7 Å². The minimum Gasteiger partial charge on any atom is -0.369 e. The highest BCUT2D eigenvalue weighted by Crippen LogP contribution is 2.34. The summed E-state index contributed by atoms with van der Waals surface area (Å²) >= 11 is 0. The van der Waals surface area contributed by atoms with E-state index in [2.05, 4.69) is 46.3 Å². The second-order valence-electron chi connectivity index (χ2n) is 6.62. The van der Waals surface area contributed by atoms with Gasteiger partial charge in [-0.25, -0.2) is 0 Å². The van der Waals surface area contributed by atoms with Crippen molar-refractivity contribution in [2.75, 3.05) is 11.4 Å². The zero-order chi connectivity index (χ0) is 18.7. The van der Waals surface area contributed by atoms with Crippen molar-refractivity contribution in [2.24, 2.45) is 10.2 Å². The van der Waals surface area contributed by atoms with Gasteiger partial charge in [-0.2, -0.15) is 15.6 Å². The summed E-state index contributed by atoms with van der Waals surface area (Å²) in [4.78, 5) is 2.41. The highest BCUT2D eigenvalue weighted by molar-refractivity contribution is 5.65. The molecule has 0 bridgehead atoms.